The standard InChI is InChI=1S/C13H17FN2OS.ClH/c14-11-3-1-2-4-12(11)18-6-5-13(17)16-9-10-7-15-8-10;/h1-4,10,15H,5-9H2,(H,16,17);1H. The normalized spacial score (nSPS) is 14.4. The lowest BCUT2D eigenvalue weighted by molar-refractivity contribution is -0.120. The number of carbonyl (C=O) groups excluding carboxylic acids is 1. The Balaban J connectivity index is 0.00000180. The van der Waals surface area contributed by atoms with Crippen molar-refractivity contribution in [1.29, 1.82) is 0 Å². The van der Waals surface area contributed by atoms with Gasteiger partial charge in [-0.05, 0) is 12.1 Å². The number of amides is 1. The fourth-order valence-corrected chi connectivity index (χ4v) is 2.54. The SMILES string of the molecule is Cl.O=C(CCSc1ccccc1F)NCC1CNC1. The molecular weight excluding hydrogens is 287 g/mol. The monoisotopic (exact) mass is 304 g/mol. The molecule has 1 amide bonds. The van der Waals surface area contributed by atoms with Crippen molar-refractivity contribution in [2.75, 3.05) is 25.4 Å². The van der Waals surface area contributed by atoms with Gasteiger partial charge in [0.05, 0.1) is 0 Å². The Morgan fingerprint density at radius 1 is 1.42 bits per heavy atom. The van der Waals surface area contributed by atoms with Gasteiger partial charge in [-0.1, -0.05) is 12.1 Å². The first-order valence-corrected chi connectivity index (χ1v) is 7.09. The van der Waals surface area contributed by atoms with E-state index >= 15 is 0 Å². The molecule has 1 aliphatic rings. The van der Waals surface area contributed by atoms with Gasteiger partial charge >= 0.3 is 0 Å². The quantitative estimate of drug-likeness (QED) is 0.791. The van der Waals surface area contributed by atoms with Crippen molar-refractivity contribution in [1.82, 2.24) is 10.6 Å². The van der Waals surface area contributed by atoms with E-state index in [-0.39, 0.29) is 24.1 Å². The van der Waals surface area contributed by atoms with Crippen molar-refractivity contribution < 1.29 is 9.18 Å². The highest BCUT2D eigenvalue weighted by Gasteiger charge is 2.16. The molecule has 0 radical (unpaired) electrons. The highest BCUT2D eigenvalue weighted by molar-refractivity contribution is 7.99. The fourth-order valence-electron chi connectivity index (χ4n) is 1.65. The fraction of sp³-hybridized carbons (Fsp3) is 0.462. The Labute approximate surface area is 123 Å². The van der Waals surface area contributed by atoms with E-state index in [0.717, 1.165) is 19.6 Å². The van der Waals surface area contributed by atoms with Gasteiger partial charge in [0.2, 0.25) is 5.91 Å². The predicted molar refractivity (Wildman–Crippen MR) is 78.4 cm³/mol. The number of nitrogens with one attached hydrogen (secondary N) is 2. The average Bonchev–Trinajstić information content (AvgIpc) is 2.30. The van der Waals surface area contributed by atoms with Crippen LogP contribution in [0, 0.1) is 11.7 Å². The summed E-state index contributed by atoms with van der Waals surface area (Å²) in [6.45, 7) is 2.73. The summed E-state index contributed by atoms with van der Waals surface area (Å²) in [7, 11) is 0. The van der Waals surface area contributed by atoms with Crippen molar-refractivity contribution >= 4 is 30.1 Å². The molecule has 0 atom stereocenters. The maximum Gasteiger partial charge on any atom is 0.220 e. The molecule has 1 aromatic carbocycles. The van der Waals surface area contributed by atoms with Crippen molar-refractivity contribution in [3.63, 3.8) is 0 Å². The van der Waals surface area contributed by atoms with Gasteiger partial charge < -0.3 is 10.6 Å². The molecule has 1 fully saturated rings. The van der Waals surface area contributed by atoms with E-state index in [0.29, 0.717) is 23.0 Å². The molecular formula is C13H18ClFN2OS. The zero-order valence-electron chi connectivity index (χ0n) is 10.5. The maximum absolute atomic E-state index is 13.3. The molecule has 19 heavy (non-hydrogen) atoms. The third kappa shape index (κ3) is 5.38. The minimum Gasteiger partial charge on any atom is -0.356 e. The average molecular weight is 305 g/mol. The predicted octanol–water partition coefficient (Wildman–Crippen LogP) is 2.07. The van der Waals surface area contributed by atoms with Crippen LogP contribution in [0.2, 0.25) is 0 Å². The summed E-state index contributed by atoms with van der Waals surface area (Å²) < 4.78 is 13.3. The van der Waals surface area contributed by atoms with Crippen molar-refractivity contribution in [3.8, 4) is 0 Å². The Morgan fingerprint density at radius 3 is 2.79 bits per heavy atom. The lowest BCUT2D eigenvalue weighted by Crippen LogP contribution is -2.48. The van der Waals surface area contributed by atoms with Crippen LogP contribution in [-0.2, 0) is 4.79 Å². The molecule has 1 aliphatic heterocycles. The molecule has 1 saturated heterocycles. The zero-order chi connectivity index (χ0) is 12.8. The van der Waals surface area contributed by atoms with E-state index in [4.69, 9.17) is 0 Å². The Bertz CT molecular complexity index is 415. The van der Waals surface area contributed by atoms with E-state index < -0.39 is 0 Å². The van der Waals surface area contributed by atoms with Crippen LogP contribution >= 0.6 is 24.2 Å². The summed E-state index contributed by atoms with van der Waals surface area (Å²) in [5, 5.41) is 6.06. The van der Waals surface area contributed by atoms with Gasteiger partial charge in [0, 0.05) is 42.6 Å². The Morgan fingerprint density at radius 2 is 2.16 bits per heavy atom. The molecule has 1 aromatic rings. The van der Waals surface area contributed by atoms with Crippen LogP contribution < -0.4 is 10.6 Å². The van der Waals surface area contributed by atoms with E-state index in [9.17, 15) is 9.18 Å². The van der Waals surface area contributed by atoms with Crippen LogP contribution in [0.15, 0.2) is 29.2 Å². The third-order valence-electron chi connectivity index (χ3n) is 2.88. The molecule has 0 bridgehead atoms. The first kappa shape index (κ1) is 16.3. The van der Waals surface area contributed by atoms with Crippen LogP contribution in [0.3, 0.4) is 0 Å². The second-order valence-corrected chi connectivity index (χ2v) is 5.49. The molecule has 0 saturated carbocycles. The van der Waals surface area contributed by atoms with Gasteiger partial charge in [0.15, 0.2) is 0 Å². The van der Waals surface area contributed by atoms with Crippen LogP contribution in [0.25, 0.3) is 0 Å². The van der Waals surface area contributed by atoms with Gasteiger partial charge in [-0.2, -0.15) is 0 Å². The first-order valence-electron chi connectivity index (χ1n) is 6.10. The molecule has 2 rings (SSSR count). The van der Waals surface area contributed by atoms with Gasteiger partial charge in [0.25, 0.3) is 0 Å². The molecule has 2 N–H and O–H groups in total. The maximum atomic E-state index is 13.3. The van der Waals surface area contributed by atoms with Crippen LogP contribution in [0.1, 0.15) is 6.42 Å². The molecule has 6 heteroatoms. The van der Waals surface area contributed by atoms with Crippen LogP contribution in [-0.4, -0.2) is 31.3 Å². The smallest absolute Gasteiger partial charge is 0.220 e. The van der Waals surface area contributed by atoms with Crippen LogP contribution in [0.5, 0.6) is 0 Å². The second-order valence-electron chi connectivity index (χ2n) is 4.36. The zero-order valence-corrected chi connectivity index (χ0v) is 12.2. The number of halogens is 2. The van der Waals surface area contributed by atoms with Gasteiger partial charge in [-0.15, -0.1) is 24.2 Å². The highest BCUT2D eigenvalue weighted by Crippen LogP contribution is 2.21. The largest absolute Gasteiger partial charge is 0.356 e. The van der Waals surface area contributed by atoms with Crippen molar-refractivity contribution in [2.24, 2.45) is 5.92 Å². The summed E-state index contributed by atoms with van der Waals surface area (Å²) in [6, 6.07) is 6.64. The molecule has 106 valence electrons. The Hall–Kier alpha value is -0.780. The highest BCUT2D eigenvalue weighted by atomic mass is 35.5. The van der Waals surface area contributed by atoms with Crippen molar-refractivity contribution in [3.05, 3.63) is 30.1 Å². The topological polar surface area (TPSA) is 41.1 Å². The number of carbonyl (C=O) groups is 1. The minimum absolute atomic E-state index is 0. The number of hydrogen-bond acceptors (Lipinski definition) is 3. The van der Waals surface area contributed by atoms with Gasteiger partial charge in [-0.25, -0.2) is 4.39 Å². The molecule has 3 nitrogen and oxygen atoms in total. The van der Waals surface area contributed by atoms with E-state index in [1.165, 1.54) is 17.8 Å². The summed E-state index contributed by atoms with van der Waals surface area (Å²) in [4.78, 5) is 12.1. The molecule has 0 aromatic heterocycles. The minimum atomic E-state index is -0.219. The number of rotatable bonds is 6. The summed E-state index contributed by atoms with van der Waals surface area (Å²) in [5.74, 6) is 1.01. The molecule has 0 spiro atoms. The van der Waals surface area contributed by atoms with Crippen molar-refractivity contribution in [2.45, 2.75) is 11.3 Å². The first-order chi connectivity index (χ1) is 8.75. The Kier molecular flexibility index (Phi) is 7.20. The van der Waals surface area contributed by atoms with Gasteiger partial charge in [-0.3, -0.25) is 4.79 Å². The molecule has 0 aliphatic carbocycles. The summed E-state index contributed by atoms with van der Waals surface area (Å²) in [6.07, 6.45) is 0.430. The lowest BCUT2D eigenvalue weighted by Gasteiger charge is -2.27. The second kappa shape index (κ2) is 8.40. The molecule has 0 unspecified atom stereocenters. The lowest BCUT2D eigenvalue weighted by atomic mass is 10.0. The number of benzene rings is 1. The number of thioether (sulfide) groups is 1. The molecule has 1 heterocycles. The third-order valence-corrected chi connectivity index (χ3v) is 3.93. The van der Waals surface area contributed by atoms with Crippen LogP contribution in [0.4, 0.5) is 4.39 Å². The van der Waals surface area contributed by atoms with Gasteiger partial charge in [0.1, 0.15) is 5.82 Å². The van der Waals surface area contributed by atoms with E-state index in [1.54, 1.807) is 18.2 Å². The van der Waals surface area contributed by atoms with E-state index in [1.807, 2.05) is 0 Å². The van der Waals surface area contributed by atoms with E-state index in [2.05, 4.69) is 10.6 Å². The summed E-state index contributed by atoms with van der Waals surface area (Å²) in [5.41, 5.74) is 0. The summed E-state index contributed by atoms with van der Waals surface area (Å²) >= 11 is 1.38. The number of hydrogen-bond donors (Lipinski definition) is 2.